The van der Waals surface area contributed by atoms with Crippen LogP contribution < -0.4 is 20.4 Å². The van der Waals surface area contributed by atoms with Gasteiger partial charge in [0, 0.05) is 7.05 Å². The normalized spacial score (nSPS) is 16.9. The zero-order valence-electron chi connectivity index (χ0n) is 12.9. The van der Waals surface area contributed by atoms with Crippen molar-refractivity contribution >= 4 is 17.6 Å². The van der Waals surface area contributed by atoms with Gasteiger partial charge < -0.3 is 20.2 Å². The van der Waals surface area contributed by atoms with Gasteiger partial charge >= 0.3 is 6.03 Å². The lowest BCUT2D eigenvalue weighted by atomic mass is 10.2. The van der Waals surface area contributed by atoms with Crippen LogP contribution in [-0.4, -0.2) is 56.3 Å². The molecule has 0 aliphatic carbocycles. The molecule has 3 amide bonds. The van der Waals surface area contributed by atoms with Crippen molar-refractivity contribution in [2.24, 2.45) is 0 Å². The Bertz CT molecular complexity index is 541. The number of imide groups is 1. The van der Waals surface area contributed by atoms with E-state index in [0.29, 0.717) is 0 Å². The van der Waals surface area contributed by atoms with E-state index in [0.717, 1.165) is 36.8 Å². The molecule has 0 aromatic heterocycles. The summed E-state index contributed by atoms with van der Waals surface area (Å²) in [6.07, 6.45) is 0. The SMILES string of the molecule is CNC(=O)NC(=O)[C@H](C)[NH+]1CCN(c2ccccc2O)CC1. The van der Waals surface area contributed by atoms with Gasteiger partial charge in [0.25, 0.3) is 5.91 Å². The van der Waals surface area contributed by atoms with Crippen LogP contribution in [0.25, 0.3) is 0 Å². The summed E-state index contributed by atoms with van der Waals surface area (Å²) in [6.45, 7) is 4.88. The van der Waals surface area contributed by atoms with Crippen LogP contribution in [0.1, 0.15) is 6.92 Å². The van der Waals surface area contributed by atoms with Crippen molar-refractivity contribution in [3.8, 4) is 5.75 Å². The molecule has 0 bridgehead atoms. The summed E-state index contributed by atoms with van der Waals surface area (Å²) in [4.78, 5) is 26.4. The maximum Gasteiger partial charge on any atom is 0.321 e. The van der Waals surface area contributed by atoms with Crippen LogP contribution in [-0.2, 0) is 4.79 Å². The van der Waals surface area contributed by atoms with Gasteiger partial charge in [0.1, 0.15) is 5.75 Å². The van der Waals surface area contributed by atoms with Crippen LogP contribution in [0, 0.1) is 0 Å². The molecule has 7 nitrogen and oxygen atoms in total. The van der Waals surface area contributed by atoms with Crippen LogP contribution >= 0.6 is 0 Å². The van der Waals surface area contributed by atoms with Crippen molar-refractivity contribution in [3.63, 3.8) is 0 Å². The first-order chi connectivity index (χ1) is 10.5. The summed E-state index contributed by atoms with van der Waals surface area (Å²) in [5, 5.41) is 14.6. The highest BCUT2D eigenvalue weighted by Gasteiger charge is 2.30. The number of piperazine rings is 1. The Morgan fingerprint density at radius 1 is 1.27 bits per heavy atom. The highest BCUT2D eigenvalue weighted by Crippen LogP contribution is 2.25. The fraction of sp³-hybridized carbons (Fsp3) is 0.467. The lowest BCUT2D eigenvalue weighted by Crippen LogP contribution is -3.19. The van der Waals surface area contributed by atoms with Crippen LogP contribution in [0.15, 0.2) is 24.3 Å². The molecule has 1 fully saturated rings. The number of hydrogen-bond donors (Lipinski definition) is 4. The Kier molecular flexibility index (Phi) is 5.21. The van der Waals surface area contributed by atoms with Crippen molar-refractivity contribution in [2.75, 3.05) is 38.1 Å². The van der Waals surface area contributed by atoms with E-state index in [9.17, 15) is 14.7 Å². The number of para-hydroxylation sites is 2. The number of amides is 3. The minimum absolute atomic E-state index is 0.273. The average Bonchev–Trinajstić information content (AvgIpc) is 2.54. The van der Waals surface area contributed by atoms with Gasteiger partial charge in [-0.05, 0) is 19.1 Å². The molecular weight excluding hydrogens is 284 g/mol. The number of phenols is 1. The molecule has 1 saturated heterocycles. The first-order valence-corrected chi connectivity index (χ1v) is 7.43. The minimum atomic E-state index is -0.482. The molecule has 0 radical (unpaired) electrons. The zero-order chi connectivity index (χ0) is 16.1. The van der Waals surface area contributed by atoms with Gasteiger partial charge in [0.15, 0.2) is 6.04 Å². The molecule has 1 aliphatic heterocycles. The summed E-state index contributed by atoms with van der Waals surface area (Å²) >= 11 is 0. The lowest BCUT2D eigenvalue weighted by Gasteiger charge is -2.36. The maximum atomic E-state index is 12.0. The molecule has 0 spiro atoms. The number of rotatable bonds is 3. The molecule has 2 rings (SSSR count). The molecule has 0 saturated carbocycles. The summed E-state index contributed by atoms with van der Waals surface area (Å²) in [7, 11) is 1.48. The van der Waals surface area contributed by atoms with E-state index in [1.165, 1.54) is 7.05 Å². The second kappa shape index (κ2) is 7.13. The average molecular weight is 307 g/mol. The number of anilines is 1. The number of phenolic OH excluding ortho intramolecular Hbond substituents is 1. The molecule has 1 aromatic carbocycles. The van der Waals surface area contributed by atoms with E-state index in [-0.39, 0.29) is 17.7 Å². The topological polar surface area (TPSA) is 86.1 Å². The van der Waals surface area contributed by atoms with E-state index >= 15 is 0 Å². The number of aromatic hydroxyl groups is 1. The van der Waals surface area contributed by atoms with E-state index in [2.05, 4.69) is 15.5 Å². The zero-order valence-corrected chi connectivity index (χ0v) is 12.9. The first kappa shape index (κ1) is 16.1. The second-order valence-electron chi connectivity index (χ2n) is 5.42. The largest absolute Gasteiger partial charge is 0.506 e. The van der Waals surface area contributed by atoms with Crippen LogP contribution in [0.3, 0.4) is 0 Å². The molecule has 22 heavy (non-hydrogen) atoms. The van der Waals surface area contributed by atoms with Crippen molar-refractivity contribution in [3.05, 3.63) is 24.3 Å². The fourth-order valence-corrected chi connectivity index (χ4v) is 2.67. The molecule has 120 valence electrons. The third kappa shape index (κ3) is 3.67. The molecule has 1 aromatic rings. The van der Waals surface area contributed by atoms with Crippen molar-refractivity contribution in [1.29, 1.82) is 0 Å². The van der Waals surface area contributed by atoms with Gasteiger partial charge in [-0.15, -0.1) is 0 Å². The number of hydrogen-bond acceptors (Lipinski definition) is 4. The fourth-order valence-electron chi connectivity index (χ4n) is 2.67. The monoisotopic (exact) mass is 307 g/mol. The Morgan fingerprint density at radius 2 is 1.91 bits per heavy atom. The Labute approximate surface area is 129 Å². The second-order valence-corrected chi connectivity index (χ2v) is 5.42. The maximum absolute atomic E-state index is 12.0. The van der Waals surface area contributed by atoms with Crippen LogP contribution in [0.4, 0.5) is 10.5 Å². The van der Waals surface area contributed by atoms with E-state index in [4.69, 9.17) is 0 Å². The molecule has 0 unspecified atom stereocenters. The molecule has 1 atom stereocenters. The van der Waals surface area contributed by atoms with Gasteiger partial charge in [0.05, 0.1) is 31.9 Å². The van der Waals surface area contributed by atoms with Crippen LogP contribution in [0.5, 0.6) is 5.75 Å². The Balaban J connectivity index is 1.90. The summed E-state index contributed by atoms with van der Waals surface area (Å²) in [5.74, 6) is 0.00159. The Hall–Kier alpha value is -2.28. The van der Waals surface area contributed by atoms with E-state index < -0.39 is 6.03 Å². The van der Waals surface area contributed by atoms with Crippen molar-refractivity contribution in [1.82, 2.24) is 10.6 Å². The number of carbonyl (C=O) groups is 2. The van der Waals surface area contributed by atoms with E-state index in [1.54, 1.807) is 12.1 Å². The van der Waals surface area contributed by atoms with Gasteiger partial charge in [0.2, 0.25) is 0 Å². The molecule has 1 aliphatic rings. The third-order valence-corrected chi connectivity index (χ3v) is 4.10. The molecule has 4 N–H and O–H groups in total. The van der Waals surface area contributed by atoms with Gasteiger partial charge in [-0.3, -0.25) is 10.1 Å². The quantitative estimate of drug-likeness (QED) is 0.573. The first-order valence-electron chi connectivity index (χ1n) is 7.43. The van der Waals surface area contributed by atoms with Crippen molar-refractivity contribution < 1.29 is 19.6 Å². The highest BCUT2D eigenvalue weighted by atomic mass is 16.3. The standard InChI is InChI=1S/C15H22N4O3/c1-11(14(21)17-15(22)16-2)18-7-9-19(10-8-18)12-5-3-4-6-13(12)20/h3-6,11,20H,7-10H2,1-2H3,(H2,16,17,21,22)/p+1/t11-/m0/s1. The third-order valence-electron chi connectivity index (χ3n) is 4.10. The lowest BCUT2D eigenvalue weighted by molar-refractivity contribution is -0.914. The predicted octanol–water partition coefficient (Wildman–Crippen LogP) is -1.06. The summed E-state index contributed by atoms with van der Waals surface area (Å²) in [5.41, 5.74) is 0.823. The summed E-state index contributed by atoms with van der Waals surface area (Å²) < 4.78 is 0. The Morgan fingerprint density at radius 3 is 2.50 bits per heavy atom. The van der Waals surface area contributed by atoms with Gasteiger partial charge in [-0.1, -0.05) is 12.1 Å². The number of nitrogens with one attached hydrogen (secondary N) is 3. The minimum Gasteiger partial charge on any atom is -0.506 e. The number of carbonyl (C=O) groups excluding carboxylic acids is 2. The molecular formula is C15H23N4O3+. The van der Waals surface area contributed by atoms with Crippen molar-refractivity contribution in [2.45, 2.75) is 13.0 Å². The molecule has 7 heteroatoms. The number of benzene rings is 1. The van der Waals surface area contributed by atoms with Gasteiger partial charge in [-0.2, -0.15) is 0 Å². The number of quaternary nitrogens is 1. The smallest absolute Gasteiger partial charge is 0.321 e. The predicted molar refractivity (Wildman–Crippen MR) is 83.1 cm³/mol. The molecule has 1 heterocycles. The van der Waals surface area contributed by atoms with Gasteiger partial charge in [-0.25, -0.2) is 4.79 Å². The highest BCUT2D eigenvalue weighted by molar-refractivity contribution is 5.96. The van der Waals surface area contributed by atoms with Crippen LogP contribution in [0.2, 0.25) is 0 Å². The summed E-state index contributed by atoms with van der Waals surface area (Å²) in [6, 6.07) is 6.49. The number of urea groups is 1. The van der Waals surface area contributed by atoms with E-state index in [1.807, 2.05) is 19.1 Å². The number of nitrogens with zero attached hydrogens (tertiary/aromatic N) is 1.